The normalized spacial score (nSPS) is 30.3. The number of allylic oxidation sites excluding steroid dienone is 3. The number of hydrogen-bond donors (Lipinski definition) is 1. The standard InChI is InChI=1S/C12H14O3/c1-12-5-3-2-4-8(12)6-10(13)9(7-12)11(14)15/h6-7H,2-5H2,1H3,(H,14,15). The van der Waals surface area contributed by atoms with Crippen molar-refractivity contribution in [2.75, 3.05) is 0 Å². The van der Waals surface area contributed by atoms with Crippen LogP contribution in [0.1, 0.15) is 32.6 Å². The summed E-state index contributed by atoms with van der Waals surface area (Å²) in [5.41, 5.74) is 0.840. The third-order valence-electron chi connectivity index (χ3n) is 3.39. The molecule has 0 aromatic heterocycles. The molecule has 0 spiro atoms. The van der Waals surface area contributed by atoms with Crippen molar-refractivity contribution in [3.8, 4) is 0 Å². The lowest BCUT2D eigenvalue weighted by atomic mass is 9.68. The maximum Gasteiger partial charge on any atom is 0.339 e. The molecular formula is C12H14O3. The van der Waals surface area contributed by atoms with E-state index in [0.29, 0.717) is 0 Å². The highest BCUT2D eigenvalue weighted by Gasteiger charge is 2.36. The van der Waals surface area contributed by atoms with Crippen molar-refractivity contribution in [1.29, 1.82) is 0 Å². The summed E-state index contributed by atoms with van der Waals surface area (Å²) < 4.78 is 0. The molecule has 15 heavy (non-hydrogen) atoms. The molecule has 0 heterocycles. The molecule has 0 bridgehead atoms. The van der Waals surface area contributed by atoms with E-state index in [1.165, 1.54) is 6.08 Å². The third-order valence-corrected chi connectivity index (χ3v) is 3.39. The van der Waals surface area contributed by atoms with Gasteiger partial charge in [0.2, 0.25) is 0 Å². The zero-order valence-electron chi connectivity index (χ0n) is 8.75. The summed E-state index contributed by atoms with van der Waals surface area (Å²) >= 11 is 0. The minimum absolute atomic E-state index is 0.0665. The minimum Gasteiger partial charge on any atom is -0.478 e. The van der Waals surface area contributed by atoms with Gasteiger partial charge < -0.3 is 5.11 Å². The van der Waals surface area contributed by atoms with E-state index in [1.54, 1.807) is 6.08 Å². The Hall–Kier alpha value is -1.38. The molecule has 0 aromatic rings. The van der Waals surface area contributed by atoms with E-state index in [1.807, 2.05) is 6.92 Å². The van der Waals surface area contributed by atoms with Gasteiger partial charge in [0.25, 0.3) is 0 Å². The van der Waals surface area contributed by atoms with Gasteiger partial charge in [-0.15, -0.1) is 0 Å². The van der Waals surface area contributed by atoms with Crippen LogP contribution in [0.4, 0.5) is 0 Å². The molecule has 0 amide bonds. The highest BCUT2D eigenvalue weighted by Crippen LogP contribution is 2.44. The van der Waals surface area contributed by atoms with Gasteiger partial charge in [-0.25, -0.2) is 4.79 Å². The van der Waals surface area contributed by atoms with Crippen molar-refractivity contribution in [3.63, 3.8) is 0 Å². The first-order valence-corrected chi connectivity index (χ1v) is 5.24. The second-order valence-corrected chi connectivity index (χ2v) is 4.52. The highest BCUT2D eigenvalue weighted by atomic mass is 16.4. The van der Waals surface area contributed by atoms with Crippen LogP contribution >= 0.6 is 0 Å². The van der Waals surface area contributed by atoms with Gasteiger partial charge in [-0.1, -0.05) is 25.0 Å². The first kappa shape index (κ1) is 10.1. The summed E-state index contributed by atoms with van der Waals surface area (Å²) in [7, 11) is 0. The Labute approximate surface area is 88.5 Å². The SMILES string of the molecule is CC12C=C(C(=O)O)C(=O)C=C1CCCC2. The number of aliphatic carboxylic acids is 1. The zero-order chi connectivity index (χ0) is 11.1. The van der Waals surface area contributed by atoms with Gasteiger partial charge in [-0.3, -0.25) is 4.79 Å². The second kappa shape index (κ2) is 3.33. The van der Waals surface area contributed by atoms with E-state index >= 15 is 0 Å². The highest BCUT2D eigenvalue weighted by molar-refractivity contribution is 6.22. The van der Waals surface area contributed by atoms with Gasteiger partial charge in [-0.2, -0.15) is 0 Å². The Balaban J connectivity index is 2.42. The van der Waals surface area contributed by atoms with Crippen LogP contribution in [-0.4, -0.2) is 16.9 Å². The van der Waals surface area contributed by atoms with E-state index in [9.17, 15) is 9.59 Å². The Morgan fingerprint density at radius 2 is 2.20 bits per heavy atom. The molecule has 80 valence electrons. The molecule has 2 aliphatic rings. The van der Waals surface area contributed by atoms with E-state index < -0.39 is 5.97 Å². The number of carboxylic acid groups (broad SMARTS) is 1. The lowest BCUT2D eigenvalue weighted by molar-refractivity contribution is -0.134. The van der Waals surface area contributed by atoms with Gasteiger partial charge in [0, 0.05) is 5.41 Å². The molecule has 1 N–H and O–H groups in total. The number of carbonyl (C=O) groups is 2. The summed E-state index contributed by atoms with van der Waals surface area (Å²) in [5.74, 6) is -1.46. The fraction of sp³-hybridized carbons (Fsp3) is 0.500. The van der Waals surface area contributed by atoms with Crippen LogP contribution in [0, 0.1) is 5.41 Å². The van der Waals surface area contributed by atoms with Gasteiger partial charge in [0.05, 0.1) is 0 Å². The van der Waals surface area contributed by atoms with Crippen molar-refractivity contribution < 1.29 is 14.7 Å². The lowest BCUT2D eigenvalue weighted by Gasteiger charge is -2.36. The molecule has 2 aliphatic carbocycles. The Morgan fingerprint density at radius 1 is 1.47 bits per heavy atom. The van der Waals surface area contributed by atoms with Crippen LogP contribution < -0.4 is 0 Å². The molecule has 2 rings (SSSR count). The van der Waals surface area contributed by atoms with E-state index in [4.69, 9.17) is 5.11 Å². The average molecular weight is 206 g/mol. The zero-order valence-corrected chi connectivity index (χ0v) is 8.75. The summed E-state index contributed by atoms with van der Waals surface area (Å²) in [6.07, 6.45) is 7.25. The smallest absolute Gasteiger partial charge is 0.339 e. The third kappa shape index (κ3) is 1.62. The van der Waals surface area contributed by atoms with Crippen molar-refractivity contribution >= 4 is 11.8 Å². The summed E-state index contributed by atoms with van der Waals surface area (Å²) in [6.45, 7) is 2.02. The lowest BCUT2D eigenvalue weighted by Crippen LogP contribution is -2.28. The second-order valence-electron chi connectivity index (χ2n) is 4.52. The predicted molar refractivity (Wildman–Crippen MR) is 55.4 cm³/mol. The van der Waals surface area contributed by atoms with Crippen molar-refractivity contribution in [3.05, 3.63) is 23.3 Å². The average Bonchev–Trinajstić information content (AvgIpc) is 2.17. The van der Waals surface area contributed by atoms with Crippen LogP contribution in [0.15, 0.2) is 23.3 Å². The molecule has 1 atom stereocenters. The fourth-order valence-electron chi connectivity index (χ4n) is 2.45. The Kier molecular flexibility index (Phi) is 2.25. The van der Waals surface area contributed by atoms with Crippen LogP contribution in [0.5, 0.6) is 0 Å². The molecule has 0 saturated heterocycles. The number of carbonyl (C=O) groups excluding carboxylic acids is 1. The first-order chi connectivity index (χ1) is 7.03. The Bertz CT molecular complexity index is 390. The topological polar surface area (TPSA) is 54.4 Å². The molecule has 1 saturated carbocycles. The van der Waals surface area contributed by atoms with Crippen molar-refractivity contribution in [1.82, 2.24) is 0 Å². The van der Waals surface area contributed by atoms with Crippen LogP contribution in [0.2, 0.25) is 0 Å². The molecule has 1 fully saturated rings. The summed E-state index contributed by atoms with van der Waals surface area (Å²) in [4.78, 5) is 22.4. The molecule has 1 unspecified atom stereocenters. The molecule has 3 nitrogen and oxygen atoms in total. The predicted octanol–water partition coefficient (Wildman–Crippen LogP) is 2.09. The van der Waals surface area contributed by atoms with Gasteiger partial charge >= 0.3 is 5.97 Å². The molecule has 0 radical (unpaired) electrons. The van der Waals surface area contributed by atoms with Crippen LogP contribution in [-0.2, 0) is 9.59 Å². The maximum absolute atomic E-state index is 11.5. The minimum atomic E-state index is -1.11. The van der Waals surface area contributed by atoms with E-state index in [2.05, 4.69) is 0 Å². The summed E-state index contributed by atoms with van der Waals surface area (Å²) in [6, 6.07) is 0. The van der Waals surface area contributed by atoms with E-state index in [-0.39, 0.29) is 16.8 Å². The van der Waals surface area contributed by atoms with Crippen LogP contribution in [0.3, 0.4) is 0 Å². The molecule has 0 aliphatic heterocycles. The van der Waals surface area contributed by atoms with Gasteiger partial charge in [0.1, 0.15) is 5.57 Å². The summed E-state index contributed by atoms with van der Waals surface area (Å²) in [5, 5.41) is 8.90. The maximum atomic E-state index is 11.5. The number of rotatable bonds is 1. The van der Waals surface area contributed by atoms with Crippen LogP contribution in [0.25, 0.3) is 0 Å². The molecular weight excluding hydrogens is 192 g/mol. The van der Waals surface area contributed by atoms with Crippen molar-refractivity contribution in [2.45, 2.75) is 32.6 Å². The number of carboxylic acids is 1. The fourth-order valence-corrected chi connectivity index (χ4v) is 2.45. The van der Waals surface area contributed by atoms with Crippen molar-refractivity contribution in [2.24, 2.45) is 5.41 Å². The first-order valence-electron chi connectivity index (χ1n) is 5.24. The Morgan fingerprint density at radius 3 is 2.87 bits per heavy atom. The number of hydrogen-bond acceptors (Lipinski definition) is 2. The van der Waals surface area contributed by atoms with Gasteiger partial charge in [0.15, 0.2) is 5.78 Å². The number of ketones is 1. The largest absolute Gasteiger partial charge is 0.478 e. The molecule has 3 heteroatoms. The quantitative estimate of drug-likeness (QED) is 0.668. The monoisotopic (exact) mass is 206 g/mol. The number of fused-ring (bicyclic) bond motifs is 1. The molecule has 0 aromatic carbocycles. The van der Waals surface area contributed by atoms with Gasteiger partial charge in [-0.05, 0) is 25.3 Å². The van der Waals surface area contributed by atoms with E-state index in [0.717, 1.165) is 31.3 Å².